The molecule has 4 aromatic rings. The van der Waals surface area contributed by atoms with Crippen LogP contribution >= 0.6 is 11.6 Å². The molecule has 0 spiro atoms. The van der Waals surface area contributed by atoms with E-state index >= 15 is 0 Å². The van der Waals surface area contributed by atoms with Gasteiger partial charge >= 0.3 is 0 Å². The summed E-state index contributed by atoms with van der Waals surface area (Å²) in [6, 6.07) is 16.7. The number of aromatic nitrogens is 3. The normalized spacial score (nSPS) is 11.1. The maximum atomic E-state index is 12.3. The largest absolute Gasteiger partial charge is 0.382 e. The Morgan fingerprint density at radius 3 is 2.80 bits per heavy atom. The zero-order valence-electron chi connectivity index (χ0n) is 13.2. The number of hydrogen-bond donors (Lipinski definition) is 2. The lowest BCUT2D eigenvalue weighted by Gasteiger charge is -2.10. The molecule has 25 heavy (non-hydrogen) atoms. The van der Waals surface area contributed by atoms with E-state index in [1.807, 2.05) is 48.7 Å². The minimum atomic E-state index is -0.0731. The molecule has 2 heterocycles. The Labute approximate surface area is 148 Å². The topological polar surface area (TPSA) is 76.7 Å². The lowest BCUT2D eigenvalue weighted by molar-refractivity contribution is 0.761. The fourth-order valence-corrected chi connectivity index (χ4v) is 3.20. The number of hydrogen-bond acceptors (Lipinski definition) is 3. The number of halogens is 1. The van der Waals surface area contributed by atoms with E-state index in [9.17, 15) is 4.79 Å². The summed E-state index contributed by atoms with van der Waals surface area (Å²) in [5.74, 6) is 0.443. The molecule has 0 aliphatic heterocycles. The van der Waals surface area contributed by atoms with Crippen LogP contribution in [0.1, 0.15) is 5.56 Å². The first-order chi connectivity index (χ1) is 12.1. The molecule has 0 saturated heterocycles. The van der Waals surface area contributed by atoms with E-state index in [4.69, 9.17) is 17.3 Å². The minimum Gasteiger partial charge on any atom is -0.382 e. The maximum Gasteiger partial charge on any atom is 0.250 e. The van der Waals surface area contributed by atoms with Gasteiger partial charge in [0.05, 0.1) is 17.4 Å². The van der Waals surface area contributed by atoms with Gasteiger partial charge < -0.3 is 10.3 Å². The lowest BCUT2D eigenvalue weighted by atomic mass is 10.0. The van der Waals surface area contributed by atoms with E-state index in [1.54, 1.807) is 16.7 Å². The first-order valence-electron chi connectivity index (χ1n) is 7.80. The van der Waals surface area contributed by atoms with Crippen molar-refractivity contribution < 1.29 is 0 Å². The Kier molecular flexibility index (Phi) is 3.78. The fraction of sp³-hybridized carbons (Fsp3) is 0.0526. The SMILES string of the molecule is Nc1n[nH]c2cccc(-c3ccc(=O)n(Cc4cccc(Cl)c4)c3)c12. The van der Waals surface area contributed by atoms with Crippen molar-refractivity contribution in [1.82, 2.24) is 14.8 Å². The molecule has 5 nitrogen and oxygen atoms in total. The maximum absolute atomic E-state index is 12.3. The second kappa shape index (κ2) is 6.11. The number of pyridine rings is 1. The summed E-state index contributed by atoms with van der Waals surface area (Å²) in [4.78, 5) is 12.3. The molecule has 0 atom stereocenters. The molecule has 124 valence electrons. The number of H-pyrrole nitrogens is 1. The molecule has 0 amide bonds. The number of nitrogens with one attached hydrogen (secondary N) is 1. The van der Waals surface area contributed by atoms with E-state index in [1.165, 1.54) is 0 Å². The van der Waals surface area contributed by atoms with Crippen LogP contribution in [0.25, 0.3) is 22.0 Å². The monoisotopic (exact) mass is 350 g/mol. The Hall–Kier alpha value is -3.05. The quantitative estimate of drug-likeness (QED) is 0.591. The predicted molar refractivity (Wildman–Crippen MR) is 101 cm³/mol. The minimum absolute atomic E-state index is 0.0731. The van der Waals surface area contributed by atoms with Gasteiger partial charge in [-0.1, -0.05) is 35.9 Å². The summed E-state index contributed by atoms with van der Waals surface area (Å²) in [7, 11) is 0. The molecular weight excluding hydrogens is 336 g/mol. The van der Waals surface area contributed by atoms with Gasteiger partial charge in [0.25, 0.3) is 5.56 Å². The summed E-state index contributed by atoms with van der Waals surface area (Å²) < 4.78 is 1.66. The molecule has 0 aliphatic carbocycles. The summed E-state index contributed by atoms with van der Waals surface area (Å²) in [5, 5.41) is 8.49. The van der Waals surface area contributed by atoms with Crippen LogP contribution in [0.4, 0.5) is 5.82 Å². The summed E-state index contributed by atoms with van der Waals surface area (Å²) in [6.07, 6.45) is 1.84. The number of nitrogens with zero attached hydrogens (tertiary/aromatic N) is 2. The highest BCUT2D eigenvalue weighted by Crippen LogP contribution is 2.30. The average molecular weight is 351 g/mol. The predicted octanol–water partition coefficient (Wildman–Crippen LogP) is 3.68. The standard InChI is InChI=1S/C19H15ClN4O/c20-14-4-1-3-12(9-14)10-24-11-13(7-8-17(24)25)15-5-2-6-16-18(15)19(21)23-22-16/h1-9,11H,10H2,(H3,21,22,23). The van der Waals surface area contributed by atoms with Gasteiger partial charge in [0.2, 0.25) is 0 Å². The molecule has 2 aromatic carbocycles. The van der Waals surface area contributed by atoms with Crippen molar-refractivity contribution in [2.75, 3.05) is 5.73 Å². The highest BCUT2D eigenvalue weighted by Gasteiger charge is 2.11. The van der Waals surface area contributed by atoms with Crippen molar-refractivity contribution in [3.05, 3.63) is 81.7 Å². The highest BCUT2D eigenvalue weighted by atomic mass is 35.5. The number of rotatable bonds is 3. The van der Waals surface area contributed by atoms with Crippen LogP contribution in [0.3, 0.4) is 0 Å². The van der Waals surface area contributed by atoms with Crippen LogP contribution in [0.15, 0.2) is 65.6 Å². The number of benzene rings is 2. The van der Waals surface area contributed by atoms with Crippen molar-refractivity contribution in [2.45, 2.75) is 6.54 Å². The highest BCUT2D eigenvalue weighted by molar-refractivity contribution is 6.30. The van der Waals surface area contributed by atoms with Crippen molar-refractivity contribution >= 4 is 28.3 Å². The van der Waals surface area contributed by atoms with E-state index in [0.29, 0.717) is 17.4 Å². The van der Waals surface area contributed by atoms with Gasteiger partial charge in [-0.25, -0.2) is 0 Å². The Morgan fingerprint density at radius 1 is 1.12 bits per heavy atom. The van der Waals surface area contributed by atoms with Gasteiger partial charge in [0.15, 0.2) is 5.82 Å². The van der Waals surface area contributed by atoms with Gasteiger partial charge in [0.1, 0.15) is 0 Å². The van der Waals surface area contributed by atoms with Crippen LogP contribution in [0, 0.1) is 0 Å². The number of nitrogen functional groups attached to an aromatic ring is 1. The third-order valence-corrected chi connectivity index (χ3v) is 4.39. The number of aromatic amines is 1. The van der Waals surface area contributed by atoms with Crippen molar-refractivity contribution in [2.24, 2.45) is 0 Å². The van der Waals surface area contributed by atoms with Gasteiger partial charge in [-0.3, -0.25) is 9.89 Å². The molecule has 0 saturated carbocycles. The van der Waals surface area contributed by atoms with Crippen LogP contribution in [0.2, 0.25) is 5.02 Å². The van der Waals surface area contributed by atoms with Crippen LogP contribution in [0.5, 0.6) is 0 Å². The molecular formula is C19H15ClN4O. The van der Waals surface area contributed by atoms with Crippen molar-refractivity contribution in [3.8, 4) is 11.1 Å². The summed E-state index contributed by atoms with van der Waals surface area (Å²) >= 11 is 6.04. The molecule has 3 N–H and O–H groups in total. The van der Waals surface area contributed by atoms with E-state index < -0.39 is 0 Å². The zero-order chi connectivity index (χ0) is 17.4. The molecule has 2 aromatic heterocycles. The number of fused-ring (bicyclic) bond motifs is 1. The molecule has 0 fully saturated rings. The van der Waals surface area contributed by atoms with Gasteiger partial charge in [-0.2, -0.15) is 5.10 Å². The number of nitrogens with two attached hydrogens (primary N) is 1. The zero-order valence-corrected chi connectivity index (χ0v) is 14.0. The molecule has 6 heteroatoms. The molecule has 0 aliphatic rings. The van der Waals surface area contributed by atoms with Crippen molar-refractivity contribution in [3.63, 3.8) is 0 Å². The van der Waals surface area contributed by atoms with Gasteiger partial charge in [-0.15, -0.1) is 0 Å². The fourth-order valence-electron chi connectivity index (χ4n) is 2.98. The van der Waals surface area contributed by atoms with E-state index in [2.05, 4.69) is 10.2 Å². The third kappa shape index (κ3) is 2.90. The lowest BCUT2D eigenvalue weighted by Crippen LogP contribution is -2.19. The average Bonchev–Trinajstić information content (AvgIpc) is 2.98. The van der Waals surface area contributed by atoms with E-state index in [0.717, 1.165) is 27.6 Å². The number of anilines is 1. The van der Waals surface area contributed by atoms with Crippen LogP contribution in [-0.4, -0.2) is 14.8 Å². The van der Waals surface area contributed by atoms with Gasteiger partial charge in [0, 0.05) is 17.3 Å². The van der Waals surface area contributed by atoms with Crippen molar-refractivity contribution in [1.29, 1.82) is 0 Å². The molecule has 0 radical (unpaired) electrons. The smallest absolute Gasteiger partial charge is 0.250 e. The second-order valence-electron chi connectivity index (χ2n) is 5.85. The Morgan fingerprint density at radius 2 is 1.96 bits per heavy atom. The van der Waals surface area contributed by atoms with Crippen LogP contribution < -0.4 is 11.3 Å². The van der Waals surface area contributed by atoms with Gasteiger partial charge in [-0.05, 0) is 41.0 Å². The molecule has 0 unspecified atom stereocenters. The van der Waals surface area contributed by atoms with E-state index in [-0.39, 0.29) is 5.56 Å². The molecule has 4 rings (SSSR count). The Bertz CT molecular complexity index is 1130. The second-order valence-corrected chi connectivity index (χ2v) is 6.29. The first-order valence-corrected chi connectivity index (χ1v) is 8.17. The Balaban J connectivity index is 1.82. The molecule has 0 bridgehead atoms. The first kappa shape index (κ1) is 15.5. The third-order valence-electron chi connectivity index (χ3n) is 4.15. The summed E-state index contributed by atoms with van der Waals surface area (Å²) in [5.41, 5.74) is 9.59. The van der Waals surface area contributed by atoms with Crippen LogP contribution in [-0.2, 0) is 6.54 Å². The summed E-state index contributed by atoms with van der Waals surface area (Å²) in [6.45, 7) is 0.448.